The van der Waals surface area contributed by atoms with Gasteiger partial charge in [0.15, 0.2) is 12.4 Å². The average Bonchev–Trinajstić information content (AvgIpc) is 3.07. The topological polar surface area (TPSA) is 194 Å². The summed E-state index contributed by atoms with van der Waals surface area (Å²) < 4.78 is 41.1. The summed E-state index contributed by atoms with van der Waals surface area (Å²) in [6.07, 6.45) is 2.95. The van der Waals surface area contributed by atoms with Crippen molar-refractivity contribution in [2.24, 2.45) is 5.41 Å². The molecular formula is C38H58O14. The zero-order chi connectivity index (χ0) is 37.9. The van der Waals surface area contributed by atoms with Crippen LogP contribution in [0.4, 0.5) is 0 Å². The number of aliphatic hydroxyl groups excluding tert-OH is 2. The third kappa shape index (κ3) is 11.9. The Balaban J connectivity index is 1.69. The first-order valence-electron chi connectivity index (χ1n) is 18.7. The van der Waals surface area contributed by atoms with Gasteiger partial charge in [-0.25, -0.2) is 4.79 Å². The second-order valence-corrected chi connectivity index (χ2v) is 15.0. The van der Waals surface area contributed by atoms with Gasteiger partial charge < -0.3 is 48.5 Å². The van der Waals surface area contributed by atoms with Gasteiger partial charge in [-0.2, -0.15) is 0 Å². The summed E-state index contributed by atoms with van der Waals surface area (Å²) >= 11 is 0. The number of esters is 3. The van der Waals surface area contributed by atoms with E-state index in [9.17, 15) is 34.5 Å². The number of methoxy groups -OCH3 is 1. The summed E-state index contributed by atoms with van der Waals surface area (Å²) in [7, 11) is 1.20. The zero-order valence-electron chi connectivity index (χ0n) is 31.0. The van der Waals surface area contributed by atoms with Crippen LogP contribution in [0.15, 0.2) is 23.8 Å². The summed E-state index contributed by atoms with van der Waals surface area (Å²) in [6.45, 7) is 5.20. The van der Waals surface area contributed by atoms with Gasteiger partial charge in [-0.1, -0.05) is 52.5 Å². The smallest absolute Gasteiger partial charge is 0.330 e. The lowest BCUT2D eigenvalue weighted by atomic mass is 9.74. The Bertz CT molecular complexity index is 1280. The minimum atomic E-state index is -2.29. The van der Waals surface area contributed by atoms with Gasteiger partial charge in [-0.3, -0.25) is 14.4 Å². The molecule has 0 amide bonds. The van der Waals surface area contributed by atoms with Crippen molar-refractivity contribution >= 4 is 23.7 Å². The van der Waals surface area contributed by atoms with E-state index in [1.54, 1.807) is 26.0 Å². The third-order valence-corrected chi connectivity index (χ3v) is 10.2. The predicted octanol–water partition coefficient (Wildman–Crippen LogP) is 3.51. The number of unbranched alkanes of at least 4 members (excludes halogenated alkanes) is 4. The monoisotopic (exact) mass is 738 g/mol. The number of carbonyl (C=O) groups excluding carboxylic acids is 4. The van der Waals surface area contributed by atoms with Crippen LogP contribution >= 0.6 is 0 Å². The molecule has 4 aliphatic rings. The Morgan fingerprint density at radius 1 is 0.962 bits per heavy atom. The van der Waals surface area contributed by atoms with E-state index in [1.165, 1.54) is 7.11 Å². The molecule has 14 heteroatoms. The fraction of sp³-hybridized carbons (Fsp3) is 0.789. The molecule has 52 heavy (non-hydrogen) atoms. The van der Waals surface area contributed by atoms with E-state index in [-0.39, 0.29) is 56.0 Å². The first kappa shape index (κ1) is 42.0. The number of fused-ring (bicyclic) bond motifs is 6. The van der Waals surface area contributed by atoms with Crippen LogP contribution in [0.2, 0.25) is 0 Å². The van der Waals surface area contributed by atoms with Crippen LogP contribution in [0.5, 0.6) is 0 Å². The predicted molar refractivity (Wildman–Crippen MR) is 184 cm³/mol. The van der Waals surface area contributed by atoms with Gasteiger partial charge in [0, 0.05) is 50.0 Å². The lowest BCUT2D eigenvalue weighted by Crippen LogP contribution is -2.62. The molecule has 0 aromatic heterocycles. The van der Waals surface area contributed by atoms with E-state index in [4.69, 9.17) is 33.2 Å². The molecule has 3 N–H and O–H groups in total. The first-order valence-corrected chi connectivity index (χ1v) is 18.7. The van der Waals surface area contributed by atoms with Crippen molar-refractivity contribution in [2.75, 3.05) is 20.3 Å². The van der Waals surface area contributed by atoms with Crippen molar-refractivity contribution in [3.8, 4) is 0 Å². The van der Waals surface area contributed by atoms with Crippen molar-refractivity contribution in [2.45, 2.75) is 165 Å². The van der Waals surface area contributed by atoms with Gasteiger partial charge in [0.25, 0.3) is 0 Å². The Hall–Kier alpha value is -2.72. The van der Waals surface area contributed by atoms with Crippen molar-refractivity contribution in [3.63, 3.8) is 0 Å². The van der Waals surface area contributed by atoms with Gasteiger partial charge in [-0.05, 0) is 30.9 Å². The molecule has 3 saturated heterocycles. The van der Waals surface area contributed by atoms with Crippen LogP contribution in [0.3, 0.4) is 0 Å². The summed E-state index contributed by atoms with van der Waals surface area (Å²) in [4.78, 5) is 51.5. The highest BCUT2D eigenvalue weighted by Gasteiger charge is 2.57. The van der Waals surface area contributed by atoms with Crippen molar-refractivity contribution < 1.29 is 67.7 Å². The number of Topliss-reactive ketones (excluding diaryl/α,β-unsaturated/α-hetero) is 1. The fourth-order valence-electron chi connectivity index (χ4n) is 7.29. The fourth-order valence-corrected chi connectivity index (χ4v) is 7.29. The minimum Gasteiger partial charge on any atom is -0.466 e. The molecule has 294 valence electrons. The van der Waals surface area contributed by atoms with Crippen molar-refractivity contribution in [1.29, 1.82) is 0 Å². The Kier molecular flexibility index (Phi) is 15.8. The zero-order valence-corrected chi connectivity index (χ0v) is 31.0. The van der Waals surface area contributed by atoms with E-state index >= 15 is 0 Å². The maximum absolute atomic E-state index is 13.3. The van der Waals surface area contributed by atoms with Crippen LogP contribution in [0, 0.1) is 5.41 Å². The lowest BCUT2D eigenvalue weighted by molar-refractivity contribution is -0.327. The molecule has 4 heterocycles. The standard InChI is InChI=1S/C38H58O14/c1-5-6-7-8-9-10-32(42)51-36-24(16-33(43)46-4)15-30-22-31(23-39)49-34(44)20-26(41)19-28-17-25(40)18-29(48-28)21-27-12-14-47-35(50-27)11-13-37(2,3)38(36,45)52-30/h11,13,16,26-31,35-36,39,41,45H,5-10,12,14-15,17-23H2,1-4H3/b13-11+,24-16+/t26-,27+,28+,29-,30+,31-,35+,36+,38-/m1/s1. The van der Waals surface area contributed by atoms with E-state index in [0.29, 0.717) is 25.9 Å². The van der Waals surface area contributed by atoms with Crippen LogP contribution < -0.4 is 0 Å². The molecule has 14 nitrogen and oxygen atoms in total. The average molecular weight is 739 g/mol. The molecule has 0 unspecified atom stereocenters. The molecule has 0 saturated carbocycles. The van der Waals surface area contributed by atoms with Gasteiger partial charge >= 0.3 is 17.9 Å². The first-order chi connectivity index (χ1) is 24.7. The van der Waals surface area contributed by atoms with E-state index in [2.05, 4.69) is 6.92 Å². The normalized spacial score (nSPS) is 35.9. The number of cyclic esters (lactones) is 1. The highest BCUT2D eigenvalue weighted by Crippen LogP contribution is 2.47. The Morgan fingerprint density at radius 2 is 1.69 bits per heavy atom. The molecule has 3 fully saturated rings. The molecule has 0 spiro atoms. The molecule has 0 aliphatic carbocycles. The van der Waals surface area contributed by atoms with Crippen LogP contribution in [0.25, 0.3) is 0 Å². The summed E-state index contributed by atoms with van der Waals surface area (Å²) in [5, 5.41) is 33.6. The van der Waals surface area contributed by atoms with E-state index < -0.39 is 85.1 Å². The number of hydrogen-bond acceptors (Lipinski definition) is 14. The van der Waals surface area contributed by atoms with E-state index in [1.807, 2.05) is 0 Å². The second-order valence-electron chi connectivity index (χ2n) is 15.0. The van der Waals surface area contributed by atoms with Crippen LogP contribution in [-0.4, -0.2) is 114 Å². The largest absolute Gasteiger partial charge is 0.466 e. The van der Waals surface area contributed by atoms with Crippen molar-refractivity contribution in [3.05, 3.63) is 23.8 Å². The van der Waals surface area contributed by atoms with Crippen LogP contribution in [-0.2, 0) is 52.3 Å². The maximum atomic E-state index is 13.3. The van der Waals surface area contributed by atoms with Gasteiger partial charge in [0.05, 0.1) is 57.3 Å². The Morgan fingerprint density at radius 3 is 2.40 bits per heavy atom. The number of hydrogen-bond donors (Lipinski definition) is 3. The molecule has 0 aromatic rings. The molecule has 4 rings (SSSR count). The quantitative estimate of drug-likeness (QED) is 0.102. The molecule has 0 radical (unpaired) electrons. The summed E-state index contributed by atoms with van der Waals surface area (Å²) in [5.74, 6) is -4.39. The Labute approximate surface area is 306 Å². The minimum absolute atomic E-state index is 0.00378. The molecule has 9 atom stereocenters. The number of ketones is 1. The number of aliphatic hydroxyl groups is 3. The number of ether oxygens (including phenoxy) is 7. The molecule has 0 aromatic carbocycles. The van der Waals surface area contributed by atoms with Gasteiger partial charge in [0.2, 0.25) is 5.79 Å². The summed E-state index contributed by atoms with van der Waals surface area (Å²) in [6, 6.07) is 0. The highest BCUT2D eigenvalue weighted by atomic mass is 16.7. The van der Waals surface area contributed by atoms with Crippen molar-refractivity contribution in [1.82, 2.24) is 0 Å². The van der Waals surface area contributed by atoms with Crippen LogP contribution in [0.1, 0.15) is 111 Å². The molecule has 4 aliphatic heterocycles. The van der Waals surface area contributed by atoms with Gasteiger partial charge in [0.1, 0.15) is 11.9 Å². The SMILES string of the molecule is CCCCCCCC(=O)O[C@H]1/C(=C/C(=O)OC)C[C@H]2C[C@H](CO)OC(=O)C[C@H](O)C[C@@H]3CC(=O)C[C@H](C[C@@H]4CCO[C@H](/C=C/C(C)(C)[C@]1(O)O2)O4)O3. The number of carbonyl (C=O) groups is 4. The highest BCUT2D eigenvalue weighted by molar-refractivity contribution is 5.83. The molecular weight excluding hydrogens is 680 g/mol. The lowest BCUT2D eigenvalue weighted by Gasteiger charge is -2.51. The summed E-state index contributed by atoms with van der Waals surface area (Å²) in [5.41, 5.74) is -1.12. The molecule has 6 bridgehead atoms. The second kappa shape index (κ2) is 19.6. The van der Waals surface area contributed by atoms with Gasteiger partial charge in [-0.15, -0.1) is 0 Å². The maximum Gasteiger partial charge on any atom is 0.330 e. The third-order valence-electron chi connectivity index (χ3n) is 10.2. The van der Waals surface area contributed by atoms with E-state index in [0.717, 1.165) is 31.8 Å². The number of rotatable bonds is 9.